The van der Waals surface area contributed by atoms with Gasteiger partial charge in [0.15, 0.2) is 0 Å². The van der Waals surface area contributed by atoms with E-state index in [9.17, 15) is 0 Å². The number of pyridine rings is 1. The standard InChI is InChI=1S/C15H18N2O2/c1-11-6-4-7-13(16-2)12(11)10-19-15-9-5-8-14(17-15)18-3/h4-9,16H,10H2,1-3H3. The first kappa shape index (κ1) is 13.2. The molecule has 1 aromatic heterocycles. The average Bonchev–Trinajstić information content (AvgIpc) is 2.46. The molecule has 2 aromatic rings. The fourth-order valence-electron chi connectivity index (χ4n) is 1.86. The van der Waals surface area contributed by atoms with Crippen molar-refractivity contribution in [3.63, 3.8) is 0 Å². The minimum atomic E-state index is 0.475. The van der Waals surface area contributed by atoms with Crippen LogP contribution in [-0.2, 0) is 6.61 Å². The Hall–Kier alpha value is -2.23. The second kappa shape index (κ2) is 6.09. The van der Waals surface area contributed by atoms with E-state index in [2.05, 4.69) is 23.3 Å². The Morgan fingerprint density at radius 2 is 1.84 bits per heavy atom. The lowest BCUT2D eigenvalue weighted by molar-refractivity contribution is 0.287. The molecule has 0 saturated carbocycles. The molecule has 0 unspecified atom stereocenters. The largest absolute Gasteiger partial charge is 0.481 e. The lowest BCUT2D eigenvalue weighted by Gasteiger charge is -2.13. The fraction of sp³-hybridized carbons (Fsp3) is 0.267. The molecule has 4 heteroatoms. The smallest absolute Gasteiger partial charge is 0.216 e. The Morgan fingerprint density at radius 1 is 1.11 bits per heavy atom. The average molecular weight is 258 g/mol. The molecule has 0 amide bonds. The van der Waals surface area contributed by atoms with Crippen LogP contribution in [0.15, 0.2) is 36.4 Å². The third kappa shape index (κ3) is 3.16. The molecule has 19 heavy (non-hydrogen) atoms. The van der Waals surface area contributed by atoms with Crippen LogP contribution in [0.2, 0.25) is 0 Å². The Bertz CT molecular complexity index is 556. The van der Waals surface area contributed by atoms with Crippen molar-refractivity contribution in [3.05, 3.63) is 47.5 Å². The number of benzene rings is 1. The maximum absolute atomic E-state index is 5.73. The summed E-state index contributed by atoms with van der Waals surface area (Å²) in [7, 11) is 3.49. The van der Waals surface area contributed by atoms with Crippen LogP contribution in [0.3, 0.4) is 0 Å². The molecule has 0 spiro atoms. The highest BCUT2D eigenvalue weighted by Gasteiger charge is 2.06. The molecule has 1 aromatic carbocycles. The van der Waals surface area contributed by atoms with E-state index >= 15 is 0 Å². The number of nitrogens with one attached hydrogen (secondary N) is 1. The van der Waals surface area contributed by atoms with E-state index in [-0.39, 0.29) is 0 Å². The third-order valence-corrected chi connectivity index (χ3v) is 2.95. The van der Waals surface area contributed by atoms with Gasteiger partial charge in [-0.1, -0.05) is 18.2 Å². The molecule has 0 radical (unpaired) electrons. The van der Waals surface area contributed by atoms with Crippen molar-refractivity contribution in [2.24, 2.45) is 0 Å². The van der Waals surface area contributed by atoms with Crippen LogP contribution in [0.4, 0.5) is 5.69 Å². The molecule has 0 aliphatic carbocycles. The summed E-state index contributed by atoms with van der Waals surface area (Å²) < 4.78 is 10.8. The number of nitrogens with zero attached hydrogens (tertiary/aromatic N) is 1. The zero-order valence-corrected chi connectivity index (χ0v) is 11.4. The van der Waals surface area contributed by atoms with Crippen LogP contribution in [0.1, 0.15) is 11.1 Å². The molecule has 0 aliphatic rings. The number of rotatable bonds is 5. The molecule has 0 saturated heterocycles. The number of aromatic nitrogens is 1. The van der Waals surface area contributed by atoms with E-state index in [1.54, 1.807) is 13.2 Å². The van der Waals surface area contributed by atoms with E-state index in [1.807, 2.05) is 31.3 Å². The van der Waals surface area contributed by atoms with Gasteiger partial charge in [-0.25, -0.2) is 0 Å². The number of ether oxygens (including phenoxy) is 2. The number of hydrogen-bond donors (Lipinski definition) is 1. The van der Waals surface area contributed by atoms with Crippen molar-refractivity contribution in [3.8, 4) is 11.8 Å². The first-order chi connectivity index (χ1) is 9.24. The molecule has 2 rings (SSSR count). The van der Waals surface area contributed by atoms with Gasteiger partial charge in [-0.05, 0) is 18.6 Å². The fourth-order valence-corrected chi connectivity index (χ4v) is 1.86. The highest BCUT2D eigenvalue weighted by Crippen LogP contribution is 2.21. The molecule has 0 bridgehead atoms. The van der Waals surface area contributed by atoms with Crippen LogP contribution in [0.5, 0.6) is 11.8 Å². The summed E-state index contributed by atoms with van der Waals surface area (Å²) in [6, 6.07) is 11.6. The molecule has 0 aliphatic heterocycles. The van der Waals surface area contributed by atoms with Crippen molar-refractivity contribution in [2.45, 2.75) is 13.5 Å². The summed E-state index contributed by atoms with van der Waals surface area (Å²) in [5.41, 5.74) is 3.40. The molecule has 0 atom stereocenters. The van der Waals surface area contributed by atoms with Crippen molar-refractivity contribution in [2.75, 3.05) is 19.5 Å². The zero-order chi connectivity index (χ0) is 13.7. The quantitative estimate of drug-likeness (QED) is 0.895. The van der Waals surface area contributed by atoms with E-state index in [4.69, 9.17) is 9.47 Å². The van der Waals surface area contributed by atoms with Gasteiger partial charge in [0.1, 0.15) is 6.61 Å². The van der Waals surface area contributed by atoms with Crippen LogP contribution in [-0.4, -0.2) is 19.1 Å². The van der Waals surface area contributed by atoms with Crippen molar-refractivity contribution in [1.82, 2.24) is 4.98 Å². The highest BCUT2D eigenvalue weighted by molar-refractivity contribution is 5.53. The summed E-state index contributed by atoms with van der Waals surface area (Å²) in [6.07, 6.45) is 0. The minimum Gasteiger partial charge on any atom is -0.481 e. The van der Waals surface area contributed by atoms with Crippen LogP contribution < -0.4 is 14.8 Å². The highest BCUT2D eigenvalue weighted by atomic mass is 16.5. The van der Waals surface area contributed by atoms with E-state index in [0.717, 1.165) is 11.3 Å². The zero-order valence-electron chi connectivity index (χ0n) is 11.4. The van der Waals surface area contributed by atoms with Crippen LogP contribution >= 0.6 is 0 Å². The van der Waals surface area contributed by atoms with Gasteiger partial charge in [-0.3, -0.25) is 0 Å². The lowest BCUT2D eigenvalue weighted by atomic mass is 10.1. The minimum absolute atomic E-state index is 0.475. The predicted molar refractivity (Wildman–Crippen MR) is 75.8 cm³/mol. The Kier molecular flexibility index (Phi) is 4.23. The summed E-state index contributed by atoms with van der Waals surface area (Å²) in [5.74, 6) is 1.11. The first-order valence-corrected chi connectivity index (χ1v) is 6.14. The van der Waals surface area contributed by atoms with Gasteiger partial charge in [0.25, 0.3) is 0 Å². The van der Waals surface area contributed by atoms with Gasteiger partial charge in [-0.2, -0.15) is 4.98 Å². The monoisotopic (exact) mass is 258 g/mol. The molecule has 1 heterocycles. The molecule has 1 N–H and O–H groups in total. The van der Waals surface area contributed by atoms with E-state index in [1.165, 1.54) is 5.56 Å². The summed E-state index contributed by atoms with van der Waals surface area (Å²) in [5, 5.41) is 3.17. The Labute approximate surface area is 113 Å². The molecular formula is C15H18N2O2. The number of hydrogen-bond acceptors (Lipinski definition) is 4. The third-order valence-electron chi connectivity index (χ3n) is 2.95. The Balaban J connectivity index is 2.14. The Morgan fingerprint density at radius 3 is 2.58 bits per heavy atom. The summed E-state index contributed by atoms with van der Waals surface area (Å²) in [6.45, 7) is 2.54. The van der Waals surface area contributed by atoms with Gasteiger partial charge in [0.05, 0.1) is 7.11 Å². The maximum Gasteiger partial charge on any atom is 0.216 e. The topological polar surface area (TPSA) is 43.4 Å². The van der Waals surface area contributed by atoms with Gasteiger partial charge < -0.3 is 14.8 Å². The molecule has 0 fully saturated rings. The summed E-state index contributed by atoms with van der Waals surface area (Å²) in [4.78, 5) is 4.23. The maximum atomic E-state index is 5.73. The SMILES string of the molecule is CNc1cccc(C)c1COc1cccc(OC)n1. The van der Waals surface area contributed by atoms with Gasteiger partial charge in [0, 0.05) is 30.4 Å². The van der Waals surface area contributed by atoms with Crippen molar-refractivity contribution >= 4 is 5.69 Å². The van der Waals surface area contributed by atoms with Gasteiger partial charge >= 0.3 is 0 Å². The van der Waals surface area contributed by atoms with Crippen molar-refractivity contribution in [1.29, 1.82) is 0 Å². The second-order valence-electron chi connectivity index (χ2n) is 4.16. The molecule has 100 valence electrons. The number of methoxy groups -OCH3 is 1. The second-order valence-corrected chi connectivity index (χ2v) is 4.16. The van der Waals surface area contributed by atoms with E-state index in [0.29, 0.717) is 18.4 Å². The predicted octanol–water partition coefficient (Wildman–Crippen LogP) is 3.02. The van der Waals surface area contributed by atoms with E-state index < -0.39 is 0 Å². The van der Waals surface area contributed by atoms with Gasteiger partial charge in [-0.15, -0.1) is 0 Å². The lowest BCUT2D eigenvalue weighted by Crippen LogP contribution is -2.04. The first-order valence-electron chi connectivity index (χ1n) is 6.14. The van der Waals surface area contributed by atoms with Crippen molar-refractivity contribution < 1.29 is 9.47 Å². The molecule has 4 nitrogen and oxygen atoms in total. The molecular weight excluding hydrogens is 240 g/mol. The van der Waals surface area contributed by atoms with Gasteiger partial charge in [0.2, 0.25) is 11.8 Å². The number of aryl methyl sites for hydroxylation is 1. The normalized spacial score (nSPS) is 10.1. The summed E-state index contributed by atoms with van der Waals surface area (Å²) >= 11 is 0. The number of anilines is 1. The van der Waals surface area contributed by atoms with Crippen LogP contribution in [0.25, 0.3) is 0 Å². The van der Waals surface area contributed by atoms with Crippen LogP contribution in [0, 0.1) is 6.92 Å².